The summed E-state index contributed by atoms with van der Waals surface area (Å²) in [5.74, 6) is -0.281. The highest BCUT2D eigenvalue weighted by molar-refractivity contribution is 5.95. The molecule has 0 aliphatic rings. The van der Waals surface area contributed by atoms with Crippen molar-refractivity contribution in [3.05, 3.63) is 52.6 Å². The molecule has 24 heavy (non-hydrogen) atoms. The Hall–Kier alpha value is -2.74. The zero-order valence-corrected chi connectivity index (χ0v) is 14.0. The van der Waals surface area contributed by atoms with Crippen LogP contribution in [0.2, 0.25) is 0 Å². The Morgan fingerprint density at radius 1 is 1.46 bits per heavy atom. The molecule has 0 fully saturated rings. The SMILES string of the molecule is CN(CC(C)(C)CN)C(=O)c1ccc(-n2ccnc2)c([N+](=O)[O-])c1. The van der Waals surface area contributed by atoms with Crippen LogP contribution in [0.25, 0.3) is 5.69 Å². The molecule has 0 unspecified atom stereocenters. The first-order chi connectivity index (χ1) is 11.2. The molecule has 128 valence electrons. The molecule has 0 bridgehead atoms. The van der Waals surface area contributed by atoms with Crippen molar-refractivity contribution in [1.29, 1.82) is 0 Å². The highest BCUT2D eigenvalue weighted by Gasteiger charge is 2.24. The van der Waals surface area contributed by atoms with Crippen molar-refractivity contribution in [3.8, 4) is 5.69 Å². The van der Waals surface area contributed by atoms with Gasteiger partial charge in [-0.1, -0.05) is 13.8 Å². The van der Waals surface area contributed by atoms with E-state index in [0.717, 1.165) is 0 Å². The van der Waals surface area contributed by atoms with Crippen LogP contribution in [0.5, 0.6) is 0 Å². The molecule has 0 spiro atoms. The van der Waals surface area contributed by atoms with Gasteiger partial charge in [0.1, 0.15) is 5.69 Å². The minimum Gasteiger partial charge on any atom is -0.341 e. The van der Waals surface area contributed by atoms with E-state index >= 15 is 0 Å². The van der Waals surface area contributed by atoms with Gasteiger partial charge in [-0.3, -0.25) is 14.9 Å². The third-order valence-electron chi connectivity index (χ3n) is 3.77. The predicted octanol–water partition coefficient (Wildman–Crippen LogP) is 1.84. The Bertz CT molecular complexity index is 740. The molecule has 2 aromatic rings. The summed E-state index contributed by atoms with van der Waals surface area (Å²) in [7, 11) is 1.66. The van der Waals surface area contributed by atoms with E-state index in [2.05, 4.69) is 4.98 Å². The fourth-order valence-electron chi connectivity index (χ4n) is 2.42. The maximum Gasteiger partial charge on any atom is 0.294 e. The zero-order valence-electron chi connectivity index (χ0n) is 14.0. The first-order valence-electron chi connectivity index (χ1n) is 7.47. The van der Waals surface area contributed by atoms with E-state index in [-0.39, 0.29) is 22.6 Å². The molecule has 0 radical (unpaired) electrons. The summed E-state index contributed by atoms with van der Waals surface area (Å²) in [6, 6.07) is 4.43. The largest absolute Gasteiger partial charge is 0.341 e. The number of nitrogens with two attached hydrogens (primary N) is 1. The second-order valence-electron chi connectivity index (χ2n) is 6.46. The average Bonchev–Trinajstić information content (AvgIpc) is 3.07. The number of amides is 1. The number of carbonyl (C=O) groups excluding carboxylic acids is 1. The van der Waals surface area contributed by atoms with Gasteiger partial charge in [0.05, 0.1) is 11.3 Å². The van der Waals surface area contributed by atoms with Crippen LogP contribution >= 0.6 is 0 Å². The van der Waals surface area contributed by atoms with Crippen LogP contribution in [-0.4, -0.2) is 45.4 Å². The summed E-state index contributed by atoms with van der Waals surface area (Å²) in [4.78, 5) is 28.8. The monoisotopic (exact) mass is 331 g/mol. The van der Waals surface area contributed by atoms with Crippen LogP contribution in [-0.2, 0) is 0 Å². The Labute approximate surface area is 140 Å². The molecular formula is C16H21N5O3. The second-order valence-corrected chi connectivity index (χ2v) is 6.46. The van der Waals surface area contributed by atoms with E-state index < -0.39 is 4.92 Å². The fraction of sp³-hybridized carbons (Fsp3) is 0.375. The van der Waals surface area contributed by atoms with Gasteiger partial charge in [0.25, 0.3) is 11.6 Å². The van der Waals surface area contributed by atoms with Crippen LogP contribution in [0.4, 0.5) is 5.69 Å². The van der Waals surface area contributed by atoms with E-state index in [0.29, 0.717) is 18.8 Å². The molecule has 8 nitrogen and oxygen atoms in total. The molecule has 1 aromatic carbocycles. The fourth-order valence-corrected chi connectivity index (χ4v) is 2.42. The topological polar surface area (TPSA) is 107 Å². The first-order valence-corrected chi connectivity index (χ1v) is 7.47. The number of carbonyl (C=O) groups is 1. The Morgan fingerprint density at radius 3 is 2.71 bits per heavy atom. The lowest BCUT2D eigenvalue weighted by Gasteiger charge is -2.29. The highest BCUT2D eigenvalue weighted by Crippen LogP contribution is 2.25. The molecule has 1 aromatic heterocycles. The molecule has 0 saturated carbocycles. The van der Waals surface area contributed by atoms with Crippen LogP contribution in [0.3, 0.4) is 0 Å². The van der Waals surface area contributed by atoms with Gasteiger partial charge in [0.2, 0.25) is 0 Å². The lowest BCUT2D eigenvalue weighted by molar-refractivity contribution is -0.384. The number of aromatic nitrogens is 2. The quantitative estimate of drug-likeness (QED) is 0.642. The number of imidazole rings is 1. The van der Waals surface area contributed by atoms with Crippen LogP contribution in [0.15, 0.2) is 36.9 Å². The lowest BCUT2D eigenvalue weighted by atomic mass is 9.93. The van der Waals surface area contributed by atoms with Gasteiger partial charge >= 0.3 is 0 Å². The molecule has 2 rings (SSSR count). The molecule has 0 atom stereocenters. The number of hydrogen-bond acceptors (Lipinski definition) is 5. The summed E-state index contributed by atoms with van der Waals surface area (Å²) in [6.07, 6.45) is 4.62. The van der Waals surface area contributed by atoms with Gasteiger partial charge in [-0.15, -0.1) is 0 Å². The average molecular weight is 331 g/mol. The van der Waals surface area contributed by atoms with Crippen molar-refractivity contribution in [2.24, 2.45) is 11.1 Å². The number of nitro benzene ring substituents is 1. The third-order valence-corrected chi connectivity index (χ3v) is 3.77. The molecule has 0 aliphatic carbocycles. The lowest BCUT2D eigenvalue weighted by Crippen LogP contribution is -2.39. The van der Waals surface area contributed by atoms with Gasteiger partial charge in [-0.05, 0) is 24.1 Å². The van der Waals surface area contributed by atoms with Crippen LogP contribution < -0.4 is 5.73 Å². The number of hydrogen-bond donors (Lipinski definition) is 1. The van der Waals surface area contributed by atoms with E-state index in [4.69, 9.17) is 5.73 Å². The van der Waals surface area contributed by atoms with Crippen molar-refractivity contribution in [2.45, 2.75) is 13.8 Å². The van der Waals surface area contributed by atoms with Gasteiger partial charge < -0.3 is 15.2 Å². The highest BCUT2D eigenvalue weighted by atomic mass is 16.6. The minimum absolute atomic E-state index is 0.148. The Balaban J connectivity index is 2.33. The summed E-state index contributed by atoms with van der Waals surface area (Å²) in [5, 5.41) is 11.4. The maximum absolute atomic E-state index is 12.6. The molecule has 0 saturated heterocycles. The molecule has 1 amide bonds. The molecule has 8 heteroatoms. The summed E-state index contributed by atoms with van der Waals surface area (Å²) in [6.45, 7) is 4.81. The first kappa shape index (κ1) is 17.6. The number of nitro groups is 1. The Morgan fingerprint density at radius 2 is 2.17 bits per heavy atom. The van der Waals surface area contributed by atoms with Crippen molar-refractivity contribution in [3.63, 3.8) is 0 Å². The van der Waals surface area contributed by atoms with Crippen molar-refractivity contribution < 1.29 is 9.72 Å². The standard InChI is InChI=1S/C16H21N5O3/c1-16(2,9-17)10-19(3)15(22)12-4-5-13(14(8-12)21(23)24)20-7-6-18-11-20/h4-8,11H,9-10,17H2,1-3H3. The summed E-state index contributed by atoms with van der Waals surface area (Å²) < 4.78 is 1.54. The second kappa shape index (κ2) is 6.79. The molecule has 1 heterocycles. The van der Waals surface area contributed by atoms with Crippen LogP contribution in [0.1, 0.15) is 24.2 Å². The molecule has 2 N–H and O–H groups in total. The Kier molecular flexibility index (Phi) is 4.99. The maximum atomic E-state index is 12.6. The minimum atomic E-state index is -0.504. The van der Waals surface area contributed by atoms with Gasteiger partial charge in [0, 0.05) is 37.6 Å². The number of benzene rings is 1. The van der Waals surface area contributed by atoms with Crippen molar-refractivity contribution in [2.75, 3.05) is 20.1 Å². The smallest absolute Gasteiger partial charge is 0.294 e. The van der Waals surface area contributed by atoms with Gasteiger partial charge in [-0.25, -0.2) is 4.98 Å². The van der Waals surface area contributed by atoms with E-state index in [1.165, 1.54) is 28.1 Å². The van der Waals surface area contributed by atoms with Crippen LogP contribution in [0, 0.1) is 15.5 Å². The third kappa shape index (κ3) is 3.77. The normalized spacial score (nSPS) is 11.3. The van der Waals surface area contributed by atoms with Crippen molar-refractivity contribution >= 4 is 11.6 Å². The van der Waals surface area contributed by atoms with E-state index in [1.54, 1.807) is 25.4 Å². The predicted molar refractivity (Wildman–Crippen MR) is 90.0 cm³/mol. The number of nitrogens with zero attached hydrogens (tertiary/aromatic N) is 4. The van der Waals surface area contributed by atoms with Crippen molar-refractivity contribution in [1.82, 2.24) is 14.5 Å². The number of rotatable bonds is 6. The van der Waals surface area contributed by atoms with Gasteiger partial charge in [0.15, 0.2) is 0 Å². The summed E-state index contributed by atoms with van der Waals surface area (Å²) >= 11 is 0. The van der Waals surface area contributed by atoms with Gasteiger partial charge in [-0.2, -0.15) is 0 Å². The zero-order chi connectivity index (χ0) is 17.9. The van der Waals surface area contributed by atoms with E-state index in [1.807, 2.05) is 13.8 Å². The van der Waals surface area contributed by atoms with E-state index in [9.17, 15) is 14.9 Å². The molecule has 0 aliphatic heterocycles. The summed E-state index contributed by atoms with van der Waals surface area (Å²) in [5.41, 5.74) is 5.94. The molecular weight excluding hydrogens is 310 g/mol.